The lowest BCUT2D eigenvalue weighted by Gasteiger charge is -2.02. The average Bonchev–Trinajstić information content (AvgIpc) is 1.97. The van der Waals surface area contributed by atoms with Gasteiger partial charge in [-0.25, -0.2) is 9.37 Å². The molecule has 0 fully saturated rings. The van der Waals surface area contributed by atoms with Crippen molar-refractivity contribution in [2.45, 2.75) is 6.92 Å². The third-order valence-corrected chi connectivity index (χ3v) is 1.72. The van der Waals surface area contributed by atoms with E-state index in [4.69, 9.17) is 11.6 Å². The van der Waals surface area contributed by atoms with Crippen molar-refractivity contribution in [3.63, 3.8) is 0 Å². The zero-order valence-electron chi connectivity index (χ0n) is 6.28. The fraction of sp³-hybridized carbons (Fsp3) is 0.286. The predicted octanol–water partition coefficient (Wildman–Crippen LogP) is 2.22. The first kappa shape index (κ1) is 8.27. The van der Waals surface area contributed by atoms with Crippen LogP contribution in [0.25, 0.3) is 0 Å². The highest BCUT2D eigenvalue weighted by Gasteiger charge is 2.04. The van der Waals surface area contributed by atoms with Crippen LogP contribution >= 0.6 is 11.6 Å². The molecule has 2 nitrogen and oxygen atoms in total. The first-order chi connectivity index (χ1) is 5.15. The SMILES string of the molecule is CNc1nc(C)c(Cl)cc1F. The fourth-order valence-corrected chi connectivity index (χ4v) is 0.872. The molecule has 0 amide bonds. The second-order valence-electron chi connectivity index (χ2n) is 2.14. The van der Waals surface area contributed by atoms with Gasteiger partial charge in [0, 0.05) is 7.05 Å². The maximum atomic E-state index is 12.8. The van der Waals surface area contributed by atoms with E-state index in [1.807, 2.05) is 0 Å². The molecule has 0 aliphatic heterocycles. The van der Waals surface area contributed by atoms with E-state index >= 15 is 0 Å². The van der Waals surface area contributed by atoms with Gasteiger partial charge in [-0.15, -0.1) is 0 Å². The minimum Gasteiger partial charge on any atom is -0.371 e. The van der Waals surface area contributed by atoms with Crippen LogP contribution < -0.4 is 5.32 Å². The van der Waals surface area contributed by atoms with Gasteiger partial charge < -0.3 is 5.32 Å². The number of aromatic nitrogens is 1. The molecule has 1 aromatic rings. The van der Waals surface area contributed by atoms with Crippen LogP contribution in [0.1, 0.15) is 5.69 Å². The third kappa shape index (κ3) is 1.60. The summed E-state index contributed by atoms with van der Waals surface area (Å²) in [6.45, 7) is 1.72. The molecule has 1 rings (SSSR count). The van der Waals surface area contributed by atoms with Crippen LogP contribution in [0.5, 0.6) is 0 Å². The summed E-state index contributed by atoms with van der Waals surface area (Å²) in [6.07, 6.45) is 0. The van der Waals surface area contributed by atoms with Gasteiger partial charge in [0.1, 0.15) is 0 Å². The smallest absolute Gasteiger partial charge is 0.166 e. The lowest BCUT2D eigenvalue weighted by atomic mass is 10.3. The summed E-state index contributed by atoms with van der Waals surface area (Å²) in [6, 6.07) is 1.25. The number of hydrogen-bond acceptors (Lipinski definition) is 2. The molecule has 0 radical (unpaired) electrons. The summed E-state index contributed by atoms with van der Waals surface area (Å²) in [5.41, 5.74) is 0.623. The van der Waals surface area contributed by atoms with Crippen molar-refractivity contribution in [2.75, 3.05) is 12.4 Å². The zero-order chi connectivity index (χ0) is 8.43. The summed E-state index contributed by atoms with van der Waals surface area (Å²) in [7, 11) is 1.61. The van der Waals surface area contributed by atoms with Crippen LogP contribution in [0.4, 0.5) is 10.2 Å². The molecule has 1 aromatic heterocycles. The normalized spacial score (nSPS) is 9.82. The lowest BCUT2D eigenvalue weighted by Crippen LogP contribution is -1.97. The average molecular weight is 175 g/mol. The van der Waals surface area contributed by atoms with Gasteiger partial charge in [0.25, 0.3) is 0 Å². The van der Waals surface area contributed by atoms with Crippen molar-refractivity contribution in [1.82, 2.24) is 4.98 Å². The van der Waals surface area contributed by atoms with Crippen molar-refractivity contribution in [3.8, 4) is 0 Å². The van der Waals surface area contributed by atoms with Gasteiger partial charge in [0.2, 0.25) is 0 Å². The quantitative estimate of drug-likeness (QED) is 0.706. The molecule has 0 bridgehead atoms. The monoisotopic (exact) mass is 174 g/mol. The molecule has 0 aliphatic rings. The van der Waals surface area contributed by atoms with E-state index in [0.717, 1.165) is 0 Å². The molecule has 0 atom stereocenters. The molecule has 0 unspecified atom stereocenters. The summed E-state index contributed by atoms with van der Waals surface area (Å²) >= 11 is 5.61. The number of anilines is 1. The minimum absolute atomic E-state index is 0.229. The number of halogens is 2. The van der Waals surface area contributed by atoms with Gasteiger partial charge in [0.05, 0.1) is 10.7 Å². The van der Waals surface area contributed by atoms with Gasteiger partial charge in [-0.3, -0.25) is 0 Å². The Morgan fingerprint density at radius 1 is 1.64 bits per heavy atom. The highest BCUT2D eigenvalue weighted by atomic mass is 35.5. The third-order valence-electron chi connectivity index (χ3n) is 1.34. The highest BCUT2D eigenvalue weighted by Crippen LogP contribution is 2.18. The van der Waals surface area contributed by atoms with E-state index in [1.54, 1.807) is 14.0 Å². The summed E-state index contributed by atoms with van der Waals surface area (Å²) in [5, 5.41) is 2.97. The van der Waals surface area contributed by atoms with Crippen LogP contribution in [0.15, 0.2) is 6.07 Å². The molecular weight excluding hydrogens is 167 g/mol. The van der Waals surface area contributed by atoms with Crippen LogP contribution in [-0.4, -0.2) is 12.0 Å². The molecule has 1 N–H and O–H groups in total. The standard InChI is InChI=1S/C7H8ClFN2/c1-4-5(8)3-6(9)7(10-2)11-4/h3H,1-2H3,(H,10,11). The Hall–Kier alpha value is -0.830. The molecule has 0 aliphatic carbocycles. The van der Waals surface area contributed by atoms with Crippen molar-refractivity contribution >= 4 is 17.4 Å². The van der Waals surface area contributed by atoms with Gasteiger partial charge in [-0.1, -0.05) is 11.6 Å². The van der Waals surface area contributed by atoms with Gasteiger partial charge in [0.15, 0.2) is 11.6 Å². The van der Waals surface area contributed by atoms with Crippen LogP contribution in [-0.2, 0) is 0 Å². The Labute approximate surface area is 69.4 Å². The number of hydrogen-bond donors (Lipinski definition) is 1. The Morgan fingerprint density at radius 3 is 2.82 bits per heavy atom. The molecule has 60 valence electrons. The first-order valence-electron chi connectivity index (χ1n) is 3.15. The predicted molar refractivity (Wildman–Crippen MR) is 43.5 cm³/mol. The van der Waals surface area contributed by atoms with Crippen molar-refractivity contribution in [1.29, 1.82) is 0 Å². The summed E-state index contributed by atoms with van der Waals surface area (Å²) in [5.74, 6) is -0.199. The van der Waals surface area contributed by atoms with Gasteiger partial charge >= 0.3 is 0 Å². The second kappa shape index (κ2) is 3.05. The van der Waals surface area contributed by atoms with Gasteiger partial charge in [-0.05, 0) is 13.0 Å². The van der Waals surface area contributed by atoms with E-state index in [2.05, 4.69) is 10.3 Å². The van der Waals surface area contributed by atoms with Crippen LogP contribution in [0.2, 0.25) is 5.02 Å². The molecule has 4 heteroatoms. The summed E-state index contributed by atoms with van der Waals surface area (Å²) < 4.78 is 12.8. The van der Waals surface area contributed by atoms with Crippen LogP contribution in [0.3, 0.4) is 0 Å². The Bertz CT molecular complexity index is 275. The van der Waals surface area contributed by atoms with E-state index in [1.165, 1.54) is 6.07 Å². The maximum Gasteiger partial charge on any atom is 0.166 e. The number of rotatable bonds is 1. The molecule has 11 heavy (non-hydrogen) atoms. The van der Waals surface area contributed by atoms with Crippen molar-refractivity contribution < 1.29 is 4.39 Å². The minimum atomic E-state index is -0.428. The Morgan fingerprint density at radius 2 is 2.27 bits per heavy atom. The van der Waals surface area contributed by atoms with E-state index < -0.39 is 5.82 Å². The number of aryl methyl sites for hydroxylation is 1. The number of nitrogens with zero attached hydrogens (tertiary/aromatic N) is 1. The maximum absolute atomic E-state index is 12.8. The molecule has 0 spiro atoms. The lowest BCUT2D eigenvalue weighted by molar-refractivity contribution is 0.625. The zero-order valence-corrected chi connectivity index (χ0v) is 7.04. The molecule has 0 saturated carbocycles. The molecule has 0 aromatic carbocycles. The molecule has 1 heterocycles. The highest BCUT2D eigenvalue weighted by molar-refractivity contribution is 6.31. The number of pyridine rings is 1. The fourth-order valence-electron chi connectivity index (χ4n) is 0.734. The van der Waals surface area contributed by atoms with E-state index in [9.17, 15) is 4.39 Å². The Kier molecular flexibility index (Phi) is 2.29. The number of nitrogens with one attached hydrogen (secondary N) is 1. The summed E-state index contributed by atoms with van der Waals surface area (Å²) in [4.78, 5) is 3.87. The van der Waals surface area contributed by atoms with Crippen molar-refractivity contribution in [3.05, 3.63) is 22.6 Å². The van der Waals surface area contributed by atoms with Crippen LogP contribution in [0, 0.1) is 12.7 Å². The van der Waals surface area contributed by atoms with E-state index in [0.29, 0.717) is 10.7 Å². The van der Waals surface area contributed by atoms with Gasteiger partial charge in [-0.2, -0.15) is 0 Å². The van der Waals surface area contributed by atoms with Crippen molar-refractivity contribution in [2.24, 2.45) is 0 Å². The second-order valence-corrected chi connectivity index (χ2v) is 2.54. The molecular formula is C7H8ClFN2. The largest absolute Gasteiger partial charge is 0.371 e. The topological polar surface area (TPSA) is 24.9 Å². The molecule has 0 saturated heterocycles. The Balaban J connectivity index is 3.21. The first-order valence-corrected chi connectivity index (χ1v) is 3.53. The van der Waals surface area contributed by atoms with E-state index in [-0.39, 0.29) is 5.82 Å².